The van der Waals surface area contributed by atoms with Gasteiger partial charge in [0.25, 0.3) is 0 Å². The maximum absolute atomic E-state index is 12.0. The summed E-state index contributed by atoms with van der Waals surface area (Å²) in [7, 11) is 0. The molecule has 1 unspecified atom stereocenters. The summed E-state index contributed by atoms with van der Waals surface area (Å²) >= 11 is 0. The normalized spacial score (nSPS) is 21.9. The Morgan fingerprint density at radius 2 is 2.18 bits per heavy atom. The highest BCUT2D eigenvalue weighted by molar-refractivity contribution is 5.78. The lowest BCUT2D eigenvalue weighted by Gasteiger charge is -2.28. The van der Waals surface area contributed by atoms with E-state index in [1.54, 1.807) is 0 Å². The van der Waals surface area contributed by atoms with E-state index in [-0.39, 0.29) is 11.8 Å². The van der Waals surface area contributed by atoms with Crippen LogP contribution in [0.15, 0.2) is 6.07 Å². The topological polar surface area (TPSA) is 67.4 Å². The summed E-state index contributed by atoms with van der Waals surface area (Å²) in [6.07, 6.45) is 4.54. The molecule has 1 atom stereocenters. The monoisotopic (exact) mass is 304 g/mol. The molecule has 0 aliphatic carbocycles. The number of carbonyl (C=O) groups is 1. The van der Waals surface area contributed by atoms with Crippen LogP contribution in [0.4, 0.5) is 5.82 Å². The van der Waals surface area contributed by atoms with E-state index in [0.717, 1.165) is 31.0 Å². The number of ether oxygens (including phenoxy) is 1. The third kappa shape index (κ3) is 3.74. The number of aromatic nitrogens is 2. The van der Waals surface area contributed by atoms with Crippen molar-refractivity contribution in [1.82, 2.24) is 15.3 Å². The summed E-state index contributed by atoms with van der Waals surface area (Å²) in [6.45, 7) is 5.68. The van der Waals surface area contributed by atoms with Crippen LogP contribution in [-0.2, 0) is 16.1 Å². The highest BCUT2D eigenvalue weighted by atomic mass is 16.5. The van der Waals surface area contributed by atoms with Crippen LogP contribution < -0.4 is 10.2 Å². The van der Waals surface area contributed by atoms with E-state index in [2.05, 4.69) is 20.2 Å². The predicted octanol–water partition coefficient (Wildman–Crippen LogP) is 1.43. The van der Waals surface area contributed by atoms with E-state index in [1.807, 2.05) is 13.0 Å². The van der Waals surface area contributed by atoms with Crippen molar-refractivity contribution in [2.24, 2.45) is 5.92 Å². The van der Waals surface area contributed by atoms with Gasteiger partial charge in [-0.3, -0.25) is 4.79 Å². The number of rotatable bonds is 4. The molecule has 120 valence electrons. The van der Waals surface area contributed by atoms with Gasteiger partial charge in [0.15, 0.2) is 0 Å². The summed E-state index contributed by atoms with van der Waals surface area (Å²) in [5.41, 5.74) is 0.948. The summed E-state index contributed by atoms with van der Waals surface area (Å²) in [5.74, 6) is 1.70. The van der Waals surface area contributed by atoms with Crippen molar-refractivity contribution < 1.29 is 9.53 Å². The quantitative estimate of drug-likeness (QED) is 0.911. The Balaban J connectivity index is 1.62. The van der Waals surface area contributed by atoms with E-state index < -0.39 is 0 Å². The lowest BCUT2D eigenvalue weighted by molar-refractivity contribution is -0.125. The molecule has 3 rings (SSSR count). The second-order valence-electron chi connectivity index (χ2n) is 6.11. The molecule has 2 saturated heterocycles. The van der Waals surface area contributed by atoms with E-state index >= 15 is 0 Å². The molecule has 2 aliphatic rings. The standard InChI is InChI=1S/C16H24N4O2/c1-12-9-15(20-6-3-2-4-7-20)19-14(18-12)10-17-16(21)13-5-8-22-11-13/h9,13H,2-8,10-11H2,1H3,(H,17,21). The first-order chi connectivity index (χ1) is 10.7. The fraction of sp³-hybridized carbons (Fsp3) is 0.688. The zero-order valence-corrected chi connectivity index (χ0v) is 13.2. The Labute approximate surface area is 131 Å². The van der Waals surface area contributed by atoms with Crippen molar-refractivity contribution in [2.45, 2.75) is 39.2 Å². The molecule has 1 N–H and O–H groups in total. The zero-order chi connectivity index (χ0) is 15.4. The van der Waals surface area contributed by atoms with Crippen LogP contribution in [0, 0.1) is 12.8 Å². The zero-order valence-electron chi connectivity index (χ0n) is 13.2. The summed E-state index contributed by atoms with van der Waals surface area (Å²) in [5, 5.41) is 2.94. The third-order valence-electron chi connectivity index (χ3n) is 4.29. The minimum Gasteiger partial charge on any atom is -0.381 e. The molecule has 0 radical (unpaired) electrons. The molecule has 1 aromatic heterocycles. The molecule has 0 bridgehead atoms. The number of amides is 1. The van der Waals surface area contributed by atoms with Crippen LogP contribution in [0.3, 0.4) is 0 Å². The van der Waals surface area contributed by atoms with Crippen LogP contribution in [0.5, 0.6) is 0 Å². The number of piperidine rings is 1. The Hall–Kier alpha value is -1.69. The number of anilines is 1. The Bertz CT molecular complexity index is 523. The molecule has 2 aliphatic heterocycles. The third-order valence-corrected chi connectivity index (χ3v) is 4.29. The second kappa shape index (κ2) is 7.05. The fourth-order valence-electron chi connectivity index (χ4n) is 3.03. The maximum Gasteiger partial charge on any atom is 0.225 e. The average molecular weight is 304 g/mol. The fourth-order valence-corrected chi connectivity index (χ4v) is 3.03. The molecule has 1 amide bonds. The molecule has 3 heterocycles. The predicted molar refractivity (Wildman–Crippen MR) is 83.6 cm³/mol. The van der Waals surface area contributed by atoms with Gasteiger partial charge in [-0.25, -0.2) is 9.97 Å². The smallest absolute Gasteiger partial charge is 0.225 e. The molecule has 0 saturated carbocycles. The second-order valence-corrected chi connectivity index (χ2v) is 6.11. The number of hydrogen-bond donors (Lipinski definition) is 1. The van der Waals surface area contributed by atoms with Crippen molar-refractivity contribution in [3.8, 4) is 0 Å². The summed E-state index contributed by atoms with van der Waals surface area (Å²) < 4.78 is 5.25. The van der Waals surface area contributed by atoms with Crippen molar-refractivity contribution in [1.29, 1.82) is 0 Å². The number of nitrogens with zero attached hydrogens (tertiary/aromatic N) is 3. The highest BCUT2D eigenvalue weighted by Gasteiger charge is 2.23. The van der Waals surface area contributed by atoms with Crippen molar-refractivity contribution >= 4 is 11.7 Å². The van der Waals surface area contributed by atoms with E-state index in [1.165, 1.54) is 19.3 Å². The number of hydrogen-bond acceptors (Lipinski definition) is 5. The summed E-state index contributed by atoms with van der Waals surface area (Å²) in [4.78, 5) is 23.4. The number of aryl methyl sites for hydroxylation is 1. The van der Waals surface area contributed by atoms with Gasteiger partial charge in [0.2, 0.25) is 5.91 Å². The van der Waals surface area contributed by atoms with Gasteiger partial charge >= 0.3 is 0 Å². The highest BCUT2D eigenvalue weighted by Crippen LogP contribution is 2.18. The first kappa shape index (κ1) is 15.2. The van der Waals surface area contributed by atoms with Crippen LogP contribution in [-0.4, -0.2) is 42.2 Å². The first-order valence-corrected chi connectivity index (χ1v) is 8.17. The SMILES string of the molecule is Cc1cc(N2CCCCC2)nc(CNC(=O)C2CCOC2)n1. The molecule has 1 aromatic rings. The summed E-state index contributed by atoms with van der Waals surface area (Å²) in [6, 6.07) is 2.03. The largest absolute Gasteiger partial charge is 0.381 e. The Morgan fingerprint density at radius 1 is 1.36 bits per heavy atom. The minimum absolute atomic E-state index is 0.0219. The molecule has 6 heteroatoms. The lowest BCUT2D eigenvalue weighted by Crippen LogP contribution is -2.32. The van der Waals surface area contributed by atoms with Gasteiger partial charge in [0.05, 0.1) is 19.1 Å². The molecular formula is C16H24N4O2. The van der Waals surface area contributed by atoms with E-state index in [4.69, 9.17) is 4.74 Å². The van der Waals surface area contributed by atoms with Crippen molar-refractivity contribution in [3.63, 3.8) is 0 Å². The first-order valence-electron chi connectivity index (χ1n) is 8.17. The number of nitrogens with one attached hydrogen (secondary N) is 1. The van der Waals surface area contributed by atoms with Crippen molar-refractivity contribution in [2.75, 3.05) is 31.2 Å². The maximum atomic E-state index is 12.0. The molecule has 0 aromatic carbocycles. The minimum atomic E-state index is -0.0219. The van der Waals surface area contributed by atoms with Crippen molar-refractivity contribution in [3.05, 3.63) is 17.6 Å². The Kier molecular flexibility index (Phi) is 4.87. The number of carbonyl (C=O) groups excluding carboxylic acids is 1. The van der Waals surface area contributed by atoms with E-state index in [0.29, 0.717) is 25.6 Å². The molecular weight excluding hydrogens is 280 g/mol. The van der Waals surface area contributed by atoms with Gasteiger partial charge < -0.3 is 15.0 Å². The average Bonchev–Trinajstić information content (AvgIpc) is 3.07. The van der Waals surface area contributed by atoms with Crippen LogP contribution in [0.1, 0.15) is 37.2 Å². The Morgan fingerprint density at radius 3 is 2.91 bits per heavy atom. The van der Waals surface area contributed by atoms with Crippen LogP contribution in [0.2, 0.25) is 0 Å². The lowest BCUT2D eigenvalue weighted by atomic mass is 10.1. The van der Waals surface area contributed by atoms with Gasteiger partial charge in [-0.05, 0) is 32.6 Å². The van der Waals surface area contributed by atoms with Crippen LogP contribution >= 0.6 is 0 Å². The molecule has 22 heavy (non-hydrogen) atoms. The van der Waals surface area contributed by atoms with Gasteiger partial charge in [-0.2, -0.15) is 0 Å². The van der Waals surface area contributed by atoms with Gasteiger partial charge in [0.1, 0.15) is 11.6 Å². The van der Waals surface area contributed by atoms with Gasteiger partial charge in [0, 0.05) is 31.5 Å². The molecule has 2 fully saturated rings. The van der Waals surface area contributed by atoms with Gasteiger partial charge in [-0.15, -0.1) is 0 Å². The van der Waals surface area contributed by atoms with E-state index in [9.17, 15) is 4.79 Å². The van der Waals surface area contributed by atoms with Crippen LogP contribution in [0.25, 0.3) is 0 Å². The molecule has 0 spiro atoms. The molecule has 6 nitrogen and oxygen atoms in total. The van der Waals surface area contributed by atoms with Gasteiger partial charge in [-0.1, -0.05) is 0 Å².